The smallest absolute Gasteiger partial charge is 0.248 e. The number of ether oxygens (including phenoxy) is 1. The third-order valence-electron chi connectivity index (χ3n) is 6.44. The highest BCUT2D eigenvalue weighted by molar-refractivity contribution is 5.96. The van der Waals surface area contributed by atoms with E-state index < -0.39 is 12.1 Å². The number of carbonyl (C=O) groups excluding carboxylic acids is 2. The van der Waals surface area contributed by atoms with Crippen molar-refractivity contribution in [2.45, 2.75) is 39.6 Å². The van der Waals surface area contributed by atoms with E-state index in [-0.39, 0.29) is 11.8 Å². The van der Waals surface area contributed by atoms with E-state index >= 15 is 0 Å². The molecule has 0 radical (unpaired) electrons. The number of fused-ring (bicyclic) bond motifs is 1. The summed E-state index contributed by atoms with van der Waals surface area (Å²) in [4.78, 5) is 27.9. The molecule has 2 aromatic rings. The fourth-order valence-corrected chi connectivity index (χ4v) is 4.72. The summed E-state index contributed by atoms with van der Waals surface area (Å²) in [5, 5.41) is 11.2. The van der Waals surface area contributed by atoms with Crippen LogP contribution < -0.4 is 15.2 Å². The number of aromatic nitrogens is 1. The van der Waals surface area contributed by atoms with Gasteiger partial charge in [0.15, 0.2) is 17.9 Å². The van der Waals surface area contributed by atoms with Gasteiger partial charge in [0.25, 0.3) is 0 Å². The third kappa shape index (κ3) is 4.53. The van der Waals surface area contributed by atoms with E-state index in [1.165, 1.54) is 11.8 Å². The molecule has 4 rings (SSSR count). The van der Waals surface area contributed by atoms with Crippen LogP contribution in [-0.2, 0) is 29.0 Å². The lowest BCUT2D eigenvalue weighted by Gasteiger charge is -2.38. The van der Waals surface area contributed by atoms with Gasteiger partial charge in [0.2, 0.25) is 11.8 Å². The third-order valence-corrected chi connectivity index (χ3v) is 6.44. The molecule has 0 spiro atoms. The maximum absolute atomic E-state index is 12.4. The van der Waals surface area contributed by atoms with Crippen molar-refractivity contribution in [1.82, 2.24) is 4.90 Å². The first-order valence-electron chi connectivity index (χ1n) is 11.0. The number of nitrogens with two attached hydrogens (primary N) is 1. The maximum atomic E-state index is 12.4. The predicted octanol–water partition coefficient (Wildman–Crippen LogP) is 0.757. The molecule has 2 aliphatic rings. The van der Waals surface area contributed by atoms with E-state index in [4.69, 9.17) is 10.5 Å². The molecule has 1 saturated heterocycles. The number of anilines is 1. The average Bonchev–Trinajstić information content (AvgIpc) is 2.76. The fourth-order valence-electron chi connectivity index (χ4n) is 4.72. The Kier molecular flexibility index (Phi) is 6.55. The Balaban J connectivity index is 1.65. The summed E-state index contributed by atoms with van der Waals surface area (Å²) in [6, 6.07) is 11.3. The highest BCUT2D eigenvalue weighted by Crippen LogP contribution is 2.34. The molecule has 1 fully saturated rings. The number of aliphatic hydroxyl groups is 1. The lowest BCUT2D eigenvalue weighted by molar-refractivity contribution is -0.718. The lowest BCUT2D eigenvalue weighted by atomic mass is 9.89. The molecule has 2 atom stereocenters. The SMILES string of the molecule is CC(=O)N1c2ccc(C(N)=O)cc2CC(C[n+]2c(C)cccc2CN2CCOCC2)C1O. The zero-order valence-corrected chi connectivity index (χ0v) is 18.7. The van der Waals surface area contributed by atoms with Crippen LogP contribution in [0.1, 0.15) is 34.2 Å². The van der Waals surface area contributed by atoms with Gasteiger partial charge in [0.1, 0.15) is 6.23 Å². The number of carbonyl (C=O) groups is 2. The van der Waals surface area contributed by atoms with Crippen molar-refractivity contribution < 1.29 is 24.0 Å². The highest BCUT2D eigenvalue weighted by atomic mass is 16.5. The summed E-state index contributed by atoms with van der Waals surface area (Å²) in [5.41, 5.74) is 9.60. The molecule has 2 aliphatic heterocycles. The molecule has 2 unspecified atom stereocenters. The van der Waals surface area contributed by atoms with Crippen molar-refractivity contribution in [1.29, 1.82) is 0 Å². The van der Waals surface area contributed by atoms with Crippen molar-refractivity contribution in [3.05, 3.63) is 58.9 Å². The largest absolute Gasteiger partial charge is 0.379 e. The Labute approximate surface area is 188 Å². The van der Waals surface area contributed by atoms with Crippen molar-refractivity contribution in [3.8, 4) is 0 Å². The normalized spacial score (nSPS) is 21.3. The molecule has 170 valence electrons. The Hall–Kier alpha value is -2.81. The number of primary amides is 1. The van der Waals surface area contributed by atoms with Crippen LogP contribution in [0.25, 0.3) is 0 Å². The monoisotopic (exact) mass is 439 g/mol. The molecule has 32 heavy (non-hydrogen) atoms. The fraction of sp³-hybridized carbons (Fsp3) is 0.458. The number of rotatable bonds is 5. The topological polar surface area (TPSA) is 100.0 Å². The van der Waals surface area contributed by atoms with Crippen molar-refractivity contribution in [2.24, 2.45) is 11.7 Å². The average molecular weight is 440 g/mol. The van der Waals surface area contributed by atoms with Crippen LogP contribution in [0, 0.1) is 12.8 Å². The van der Waals surface area contributed by atoms with Gasteiger partial charge in [-0.15, -0.1) is 0 Å². The van der Waals surface area contributed by atoms with Crippen LogP contribution in [0.5, 0.6) is 0 Å². The quantitative estimate of drug-likeness (QED) is 0.670. The second-order valence-corrected chi connectivity index (χ2v) is 8.63. The summed E-state index contributed by atoms with van der Waals surface area (Å²) in [7, 11) is 0. The second kappa shape index (κ2) is 9.36. The summed E-state index contributed by atoms with van der Waals surface area (Å²) < 4.78 is 7.70. The molecule has 1 aromatic carbocycles. The summed E-state index contributed by atoms with van der Waals surface area (Å²) in [6.45, 7) is 8.11. The predicted molar refractivity (Wildman–Crippen MR) is 119 cm³/mol. The van der Waals surface area contributed by atoms with Crippen LogP contribution in [-0.4, -0.2) is 54.4 Å². The molecule has 0 saturated carbocycles. The van der Waals surface area contributed by atoms with Gasteiger partial charge in [-0.1, -0.05) is 0 Å². The van der Waals surface area contributed by atoms with E-state index in [1.807, 2.05) is 0 Å². The van der Waals surface area contributed by atoms with Crippen LogP contribution in [0.15, 0.2) is 36.4 Å². The molecule has 8 nitrogen and oxygen atoms in total. The summed E-state index contributed by atoms with van der Waals surface area (Å²) >= 11 is 0. The van der Waals surface area contributed by atoms with E-state index in [9.17, 15) is 14.7 Å². The number of amides is 2. The summed E-state index contributed by atoms with van der Waals surface area (Å²) in [5.74, 6) is -0.978. The lowest BCUT2D eigenvalue weighted by Crippen LogP contribution is -2.55. The van der Waals surface area contributed by atoms with E-state index in [0.717, 1.165) is 49.8 Å². The number of hydrogen-bond donors (Lipinski definition) is 2. The molecule has 3 heterocycles. The second-order valence-electron chi connectivity index (χ2n) is 8.63. The molecule has 0 bridgehead atoms. The number of morpholine rings is 1. The van der Waals surface area contributed by atoms with Crippen molar-refractivity contribution >= 4 is 17.5 Å². The van der Waals surface area contributed by atoms with Crippen molar-refractivity contribution in [3.63, 3.8) is 0 Å². The van der Waals surface area contributed by atoms with Gasteiger partial charge in [-0.05, 0) is 36.2 Å². The number of nitrogens with zero attached hydrogens (tertiary/aromatic N) is 3. The van der Waals surface area contributed by atoms with Crippen LogP contribution in [0.4, 0.5) is 5.69 Å². The minimum Gasteiger partial charge on any atom is -0.379 e. The van der Waals surface area contributed by atoms with E-state index in [2.05, 4.69) is 34.6 Å². The molecule has 1 aromatic heterocycles. The van der Waals surface area contributed by atoms with Gasteiger partial charge < -0.3 is 15.6 Å². The number of aliphatic hydroxyl groups excluding tert-OH is 1. The molecule has 8 heteroatoms. The zero-order valence-electron chi connectivity index (χ0n) is 18.7. The van der Waals surface area contributed by atoms with Gasteiger partial charge in [-0.2, -0.15) is 4.57 Å². The van der Waals surface area contributed by atoms with Gasteiger partial charge in [0, 0.05) is 50.3 Å². The Morgan fingerprint density at radius 2 is 1.97 bits per heavy atom. The van der Waals surface area contributed by atoms with E-state index in [1.54, 1.807) is 18.2 Å². The van der Waals surface area contributed by atoms with Gasteiger partial charge >= 0.3 is 0 Å². The number of pyridine rings is 1. The van der Waals surface area contributed by atoms with Gasteiger partial charge in [0.05, 0.1) is 25.7 Å². The minimum absolute atomic E-state index is 0.232. The summed E-state index contributed by atoms with van der Waals surface area (Å²) in [6.07, 6.45) is -0.414. The van der Waals surface area contributed by atoms with Gasteiger partial charge in [-0.3, -0.25) is 19.4 Å². The zero-order chi connectivity index (χ0) is 22.8. The number of benzene rings is 1. The maximum Gasteiger partial charge on any atom is 0.248 e. The molecule has 2 amide bonds. The van der Waals surface area contributed by atoms with E-state index in [0.29, 0.717) is 24.2 Å². The Morgan fingerprint density at radius 1 is 1.22 bits per heavy atom. The highest BCUT2D eigenvalue weighted by Gasteiger charge is 2.38. The van der Waals surface area contributed by atoms with Crippen LogP contribution in [0.2, 0.25) is 0 Å². The standard InChI is InChI=1S/C24H30N4O4/c1-16-4-3-5-21(15-26-8-10-32-11-9-26)27(16)14-20-13-19-12-18(23(25)30)6-7-22(19)28(17(2)29)24(20)31/h3-7,12,20,24,31H,8-11,13-15H2,1-2H3,(H-,25,30)/p+1. The molecule has 0 aliphatic carbocycles. The van der Waals surface area contributed by atoms with Crippen LogP contribution >= 0.6 is 0 Å². The molecular weight excluding hydrogens is 408 g/mol. The molecule has 3 N–H and O–H groups in total. The first kappa shape index (κ1) is 22.4. The first-order chi connectivity index (χ1) is 15.3. The van der Waals surface area contributed by atoms with Crippen LogP contribution in [0.3, 0.4) is 0 Å². The molecular formula is C24H31N4O4+. The Morgan fingerprint density at radius 3 is 2.66 bits per heavy atom. The minimum atomic E-state index is -0.956. The Bertz CT molecular complexity index is 1020. The van der Waals surface area contributed by atoms with Gasteiger partial charge in [-0.25, -0.2) is 0 Å². The number of aryl methyl sites for hydroxylation is 1. The first-order valence-corrected chi connectivity index (χ1v) is 11.0. The number of hydrogen-bond acceptors (Lipinski definition) is 5. The van der Waals surface area contributed by atoms with Crippen molar-refractivity contribution in [2.75, 3.05) is 31.2 Å².